The topological polar surface area (TPSA) is 53.6 Å². The van der Waals surface area contributed by atoms with Crippen LogP contribution in [0.15, 0.2) is 18.2 Å². The summed E-state index contributed by atoms with van der Waals surface area (Å²) in [6, 6.07) is 4.45. The molecule has 0 atom stereocenters. The first-order valence-corrected chi connectivity index (χ1v) is 6.84. The molecule has 1 aliphatic heterocycles. The molecule has 6 heteroatoms. The predicted octanol–water partition coefficient (Wildman–Crippen LogP) is 1.07. The summed E-state index contributed by atoms with van der Waals surface area (Å²) in [6.07, 6.45) is 0. The van der Waals surface area contributed by atoms with Gasteiger partial charge >= 0.3 is 0 Å². The lowest BCUT2D eigenvalue weighted by atomic mass is 10.2. The van der Waals surface area contributed by atoms with E-state index in [-0.39, 0.29) is 11.7 Å². The first kappa shape index (κ1) is 14.7. The second-order valence-corrected chi connectivity index (χ2v) is 4.65. The van der Waals surface area contributed by atoms with Gasteiger partial charge in [-0.2, -0.15) is 0 Å². The Balaban J connectivity index is 1.88. The van der Waals surface area contributed by atoms with Gasteiger partial charge in [0.25, 0.3) is 0 Å². The Morgan fingerprint density at radius 1 is 1.45 bits per heavy atom. The average molecular weight is 281 g/mol. The van der Waals surface area contributed by atoms with Gasteiger partial charge in [-0.15, -0.1) is 0 Å². The minimum absolute atomic E-state index is 0.129. The predicted molar refractivity (Wildman–Crippen MR) is 75.5 cm³/mol. The van der Waals surface area contributed by atoms with Crippen LogP contribution in [0.1, 0.15) is 6.92 Å². The molecule has 0 bridgehead atoms. The molecular formula is C14H20FN3O2. The van der Waals surface area contributed by atoms with E-state index in [1.807, 2.05) is 0 Å². The van der Waals surface area contributed by atoms with Gasteiger partial charge in [0.2, 0.25) is 5.91 Å². The third-order valence-electron chi connectivity index (χ3n) is 3.09. The van der Waals surface area contributed by atoms with Crippen molar-refractivity contribution in [2.45, 2.75) is 6.92 Å². The van der Waals surface area contributed by atoms with Crippen LogP contribution in [0.3, 0.4) is 0 Å². The summed E-state index contributed by atoms with van der Waals surface area (Å²) in [5, 5.41) is 5.93. The van der Waals surface area contributed by atoms with Gasteiger partial charge in [0.1, 0.15) is 0 Å². The van der Waals surface area contributed by atoms with Gasteiger partial charge in [0.15, 0.2) is 11.6 Å². The van der Waals surface area contributed by atoms with Crippen LogP contribution in [0.5, 0.6) is 5.75 Å². The van der Waals surface area contributed by atoms with Crippen LogP contribution in [0.4, 0.5) is 10.1 Å². The summed E-state index contributed by atoms with van der Waals surface area (Å²) in [6.45, 7) is 6.02. The lowest BCUT2D eigenvalue weighted by Crippen LogP contribution is -2.46. The van der Waals surface area contributed by atoms with Crippen molar-refractivity contribution in [3.8, 4) is 5.75 Å². The number of anilines is 1. The zero-order chi connectivity index (χ0) is 14.4. The number of nitrogens with one attached hydrogen (secondary N) is 2. The van der Waals surface area contributed by atoms with Crippen molar-refractivity contribution in [2.75, 3.05) is 44.6 Å². The Morgan fingerprint density at radius 2 is 2.20 bits per heavy atom. The SMILES string of the molecule is CCOc1ccc(NC(=O)CN2CCNCC2)cc1F. The molecule has 2 rings (SSSR count). The second kappa shape index (κ2) is 7.21. The van der Waals surface area contributed by atoms with E-state index in [0.717, 1.165) is 26.2 Å². The molecular weight excluding hydrogens is 261 g/mol. The van der Waals surface area contributed by atoms with Gasteiger partial charge in [-0.25, -0.2) is 4.39 Å². The maximum absolute atomic E-state index is 13.7. The molecule has 1 aromatic rings. The van der Waals surface area contributed by atoms with E-state index >= 15 is 0 Å². The number of ether oxygens (including phenoxy) is 1. The molecule has 1 aromatic carbocycles. The van der Waals surface area contributed by atoms with E-state index in [4.69, 9.17) is 4.74 Å². The normalized spacial score (nSPS) is 15.9. The number of nitrogens with zero attached hydrogens (tertiary/aromatic N) is 1. The fourth-order valence-electron chi connectivity index (χ4n) is 2.12. The molecule has 5 nitrogen and oxygen atoms in total. The number of amides is 1. The van der Waals surface area contributed by atoms with E-state index in [2.05, 4.69) is 15.5 Å². The van der Waals surface area contributed by atoms with Crippen molar-refractivity contribution < 1.29 is 13.9 Å². The van der Waals surface area contributed by atoms with Crippen LogP contribution < -0.4 is 15.4 Å². The highest BCUT2D eigenvalue weighted by Crippen LogP contribution is 2.21. The molecule has 1 fully saturated rings. The Hall–Kier alpha value is -1.66. The third-order valence-corrected chi connectivity index (χ3v) is 3.09. The number of rotatable bonds is 5. The minimum Gasteiger partial charge on any atom is -0.491 e. The summed E-state index contributed by atoms with van der Waals surface area (Å²) < 4.78 is 18.8. The van der Waals surface area contributed by atoms with Crippen molar-refractivity contribution in [3.63, 3.8) is 0 Å². The average Bonchev–Trinajstić information content (AvgIpc) is 2.43. The summed E-state index contributed by atoms with van der Waals surface area (Å²) >= 11 is 0. The monoisotopic (exact) mass is 281 g/mol. The van der Waals surface area contributed by atoms with Crippen molar-refractivity contribution in [1.82, 2.24) is 10.2 Å². The highest BCUT2D eigenvalue weighted by atomic mass is 19.1. The summed E-state index contributed by atoms with van der Waals surface area (Å²) in [4.78, 5) is 13.9. The van der Waals surface area contributed by atoms with Gasteiger partial charge in [-0.05, 0) is 19.1 Å². The maximum atomic E-state index is 13.7. The molecule has 0 saturated carbocycles. The van der Waals surface area contributed by atoms with Crippen LogP contribution in [0, 0.1) is 5.82 Å². The van der Waals surface area contributed by atoms with Crippen LogP contribution in [-0.4, -0.2) is 50.1 Å². The first-order valence-electron chi connectivity index (χ1n) is 6.84. The fraction of sp³-hybridized carbons (Fsp3) is 0.500. The first-order chi connectivity index (χ1) is 9.69. The van der Waals surface area contributed by atoms with E-state index in [9.17, 15) is 9.18 Å². The van der Waals surface area contributed by atoms with E-state index in [1.165, 1.54) is 12.1 Å². The largest absolute Gasteiger partial charge is 0.491 e. The second-order valence-electron chi connectivity index (χ2n) is 4.65. The highest BCUT2D eigenvalue weighted by molar-refractivity contribution is 5.92. The molecule has 20 heavy (non-hydrogen) atoms. The number of carbonyl (C=O) groups is 1. The number of hydrogen-bond acceptors (Lipinski definition) is 4. The smallest absolute Gasteiger partial charge is 0.238 e. The Morgan fingerprint density at radius 3 is 2.85 bits per heavy atom. The Kier molecular flexibility index (Phi) is 5.31. The van der Waals surface area contributed by atoms with Crippen molar-refractivity contribution in [2.24, 2.45) is 0 Å². The summed E-state index contributed by atoms with van der Waals surface area (Å²) in [5.74, 6) is -0.394. The summed E-state index contributed by atoms with van der Waals surface area (Å²) in [7, 11) is 0. The Bertz CT molecular complexity index is 462. The van der Waals surface area contributed by atoms with Gasteiger partial charge in [-0.1, -0.05) is 0 Å². The van der Waals surface area contributed by atoms with Crippen LogP contribution in [0.2, 0.25) is 0 Å². The number of halogens is 1. The number of carbonyl (C=O) groups excluding carboxylic acids is 1. The molecule has 1 aliphatic rings. The van der Waals surface area contributed by atoms with Crippen LogP contribution in [0.25, 0.3) is 0 Å². The van der Waals surface area contributed by atoms with E-state index < -0.39 is 5.82 Å². The molecule has 1 saturated heterocycles. The highest BCUT2D eigenvalue weighted by Gasteiger charge is 2.14. The molecule has 0 aliphatic carbocycles. The van der Waals surface area contributed by atoms with E-state index in [0.29, 0.717) is 18.8 Å². The van der Waals surface area contributed by atoms with Gasteiger partial charge in [0, 0.05) is 37.9 Å². The van der Waals surface area contributed by atoms with Gasteiger partial charge < -0.3 is 15.4 Å². The molecule has 110 valence electrons. The van der Waals surface area contributed by atoms with Crippen molar-refractivity contribution in [3.05, 3.63) is 24.0 Å². The molecule has 1 heterocycles. The van der Waals surface area contributed by atoms with Gasteiger partial charge in [-0.3, -0.25) is 9.69 Å². The van der Waals surface area contributed by atoms with Crippen LogP contribution >= 0.6 is 0 Å². The summed E-state index contributed by atoms with van der Waals surface area (Å²) in [5.41, 5.74) is 0.450. The molecule has 0 spiro atoms. The molecule has 2 N–H and O–H groups in total. The molecule has 0 radical (unpaired) electrons. The lowest BCUT2D eigenvalue weighted by molar-refractivity contribution is -0.117. The molecule has 0 aromatic heterocycles. The molecule has 0 unspecified atom stereocenters. The number of piperazine rings is 1. The zero-order valence-corrected chi connectivity index (χ0v) is 11.6. The standard InChI is InChI=1S/C14H20FN3O2/c1-2-20-13-4-3-11(9-12(13)15)17-14(19)10-18-7-5-16-6-8-18/h3-4,9,16H,2,5-8,10H2,1H3,(H,17,19). The minimum atomic E-state index is -0.466. The van der Waals surface area contributed by atoms with Crippen molar-refractivity contribution in [1.29, 1.82) is 0 Å². The zero-order valence-electron chi connectivity index (χ0n) is 11.6. The fourth-order valence-corrected chi connectivity index (χ4v) is 2.12. The lowest BCUT2D eigenvalue weighted by Gasteiger charge is -2.26. The van der Waals surface area contributed by atoms with Crippen LogP contribution in [-0.2, 0) is 4.79 Å². The molecule has 1 amide bonds. The van der Waals surface area contributed by atoms with Gasteiger partial charge in [0.05, 0.1) is 13.2 Å². The number of benzene rings is 1. The Labute approximate surface area is 118 Å². The third kappa shape index (κ3) is 4.18. The number of hydrogen-bond donors (Lipinski definition) is 2. The maximum Gasteiger partial charge on any atom is 0.238 e. The van der Waals surface area contributed by atoms with Crippen molar-refractivity contribution >= 4 is 11.6 Å². The quantitative estimate of drug-likeness (QED) is 0.847. The van der Waals surface area contributed by atoms with E-state index in [1.54, 1.807) is 13.0 Å².